The van der Waals surface area contributed by atoms with Gasteiger partial charge in [0.15, 0.2) is 0 Å². The number of hydrogen-bond acceptors (Lipinski definition) is 3. The summed E-state index contributed by atoms with van der Waals surface area (Å²) in [6.07, 6.45) is 3.93. The Morgan fingerprint density at radius 2 is 1.54 bits per heavy atom. The molecule has 3 rings (SSSR count). The standard InChI is InChI=1S/C19H21ClN2O3S/c20-18-8-4-3-7-17(18)19(23)21-15-9-11-16(12-10-15)26(24,25)22-13-5-1-2-6-14-22/h3-4,7-12H,1-2,5-6,13-14H2,(H,21,23). The van der Waals surface area contributed by atoms with Gasteiger partial charge in [0.2, 0.25) is 10.0 Å². The van der Waals surface area contributed by atoms with Crippen molar-refractivity contribution in [1.29, 1.82) is 0 Å². The van der Waals surface area contributed by atoms with Crippen LogP contribution in [0.4, 0.5) is 5.69 Å². The molecule has 0 aliphatic carbocycles. The highest BCUT2D eigenvalue weighted by molar-refractivity contribution is 7.89. The zero-order valence-electron chi connectivity index (χ0n) is 14.3. The number of nitrogens with one attached hydrogen (secondary N) is 1. The molecule has 7 heteroatoms. The molecule has 0 bridgehead atoms. The first-order chi connectivity index (χ1) is 12.5. The highest BCUT2D eigenvalue weighted by atomic mass is 35.5. The van der Waals surface area contributed by atoms with Crippen LogP contribution in [-0.2, 0) is 10.0 Å². The highest BCUT2D eigenvalue weighted by Gasteiger charge is 2.25. The first kappa shape index (κ1) is 18.9. The second-order valence-electron chi connectivity index (χ2n) is 6.28. The summed E-state index contributed by atoms with van der Waals surface area (Å²) in [5.41, 5.74) is 0.889. The number of benzene rings is 2. The van der Waals surface area contributed by atoms with Crippen molar-refractivity contribution in [2.24, 2.45) is 0 Å². The van der Waals surface area contributed by atoms with Gasteiger partial charge in [-0.05, 0) is 49.2 Å². The third-order valence-corrected chi connectivity index (χ3v) is 6.68. The van der Waals surface area contributed by atoms with Gasteiger partial charge in [0.25, 0.3) is 5.91 Å². The van der Waals surface area contributed by atoms with Crippen LogP contribution in [0.2, 0.25) is 5.02 Å². The number of amides is 1. The molecule has 1 heterocycles. The second kappa shape index (κ2) is 8.20. The topological polar surface area (TPSA) is 66.5 Å². The SMILES string of the molecule is O=C(Nc1ccc(S(=O)(=O)N2CCCCCC2)cc1)c1ccccc1Cl. The van der Waals surface area contributed by atoms with Crippen LogP contribution >= 0.6 is 11.6 Å². The summed E-state index contributed by atoms with van der Waals surface area (Å²) in [5.74, 6) is -0.335. The van der Waals surface area contributed by atoms with E-state index in [1.165, 1.54) is 12.1 Å². The molecule has 1 aliphatic rings. The van der Waals surface area contributed by atoms with Crippen molar-refractivity contribution in [3.63, 3.8) is 0 Å². The van der Waals surface area contributed by atoms with Crippen molar-refractivity contribution in [2.75, 3.05) is 18.4 Å². The molecule has 2 aromatic rings. The lowest BCUT2D eigenvalue weighted by atomic mass is 10.2. The maximum Gasteiger partial charge on any atom is 0.257 e. The molecule has 0 atom stereocenters. The van der Waals surface area contributed by atoms with E-state index in [-0.39, 0.29) is 10.8 Å². The van der Waals surface area contributed by atoms with Crippen LogP contribution in [0.1, 0.15) is 36.0 Å². The zero-order chi connectivity index (χ0) is 18.6. The molecule has 1 saturated heterocycles. The number of hydrogen-bond donors (Lipinski definition) is 1. The molecule has 0 aromatic heterocycles. The van der Waals surface area contributed by atoms with E-state index < -0.39 is 10.0 Å². The van der Waals surface area contributed by atoms with Gasteiger partial charge in [0.05, 0.1) is 15.5 Å². The van der Waals surface area contributed by atoms with Crippen molar-refractivity contribution in [1.82, 2.24) is 4.31 Å². The summed E-state index contributed by atoms with van der Waals surface area (Å²) in [7, 11) is -3.49. The lowest BCUT2D eigenvalue weighted by molar-refractivity contribution is 0.102. The minimum Gasteiger partial charge on any atom is -0.322 e. The number of sulfonamides is 1. The van der Waals surface area contributed by atoms with Gasteiger partial charge in [-0.2, -0.15) is 4.31 Å². The molecule has 0 saturated carbocycles. The number of halogens is 1. The summed E-state index contributed by atoms with van der Waals surface area (Å²) in [5, 5.41) is 3.10. The second-order valence-corrected chi connectivity index (χ2v) is 8.62. The smallest absolute Gasteiger partial charge is 0.257 e. The molecular formula is C19H21ClN2O3S. The Kier molecular flexibility index (Phi) is 5.96. The van der Waals surface area contributed by atoms with Gasteiger partial charge in [-0.1, -0.05) is 36.6 Å². The van der Waals surface area contributed by atoms with Gasteiger partial charge in [-0.15, -0.1) is 0 Å². The van der Waals surface area contributed by atoms with Crippen LogP contribution in [0.5, 0.6) is 0 Å². The van der Waals surface area contributed by atoms with Crippen LogP contribution < -0.4 is 5.32 Å². The molecule has 1 fully saturated rings. The molecule has 0 spiro atoms. The van der Waals surface area contributed by atoms with Gasteiger partial charge in [0.1, 0.15) is 0 Å². The van der Waals surface area contributed by atoms with Crippen LogP contribution in [0.3, 0.4) is 0 Å². The quantitative estimate of drug-likeness (QED) is 0.849. The fourth-order valence-corrected chi connectivity index (χ4v) is 4.72. The van der Waals surface area contributed by atoms with Gasteiger partial charge >= 0.3 is 0 Å². The van der Waals surface area contributed by atoms with E-state index in [0.717, 1.165) is 25.7 Å². The van der Waals surface area contributed by atoms with Crippen molar-refractivity contribution >= 4 is 33.2 Å². The molecule has 5 nitrogen and oxygen atoms in total. The summed E-state index contributed by atoms with van der Waals surface area (Å²) in [6.45, 7) is 1.13. The average Bonchev–Trinajstić information content (AvgIpc) is 2.92. The first-order valence-corrected chi connectivity index (χ1v) is 10.5. The maximum atomic E-state index is 12.8. The Bertz CT molecular complexity index is 874. The third kappa shape index (κ3) is 4.26. The van der Waals surface area contributed by atoms with Crippen LogP contribution in [0.25, 0.3) is 0 Å². The van der Waals surface area contributed by atoms with E-state index in [0.29, 0.717) is 29.4 Å². The summed E-state index contributed by atoms with van der Waals surface area (Å²) >= 11 is 6.02. The van der Waals surface area contributed by atoms with E-state index in [9.17, 15) is 13.2 Å². The van der Waals surface area contributed by atoms with Gasteiger partial charge < -0.3 is 5.32 Å². The largest absolute Gasteiger partial charge is 0.322 e. The number of carbonyl (C=O) groups is 1. The maximum absolute atomic E-state index is 12.8. The van der Waals surface area contributed by atoms with E-state index in [1.54, 1.807) is 40.7 Å². The fourth-order valence-electron chi connectivity index (χ4n) is 2.99. The Balaban J connectivity index is 1.74. The van der Waals surface area contributed by atoms with Crippen molar-refractivity contribution in [3.05, 3.63) is 59.1 Å². The van der Waals surface area contributed by atoms with Crippen LogP contribution in [-0.4, -0.2) is 31.7 Å². The summed E-state index contributed by atoms with van der Waals surface area (Å²) < 4.78 is 27.1. The fraction of sp³-hybridized carbons (Fsp3) is 0.316. The van der Waals surface area contributed by atoms with Crippen molar-refractivity contribution < 1.29 is 13.2 Å². The molecule has 1 aliphatic heterocycles. The summed E-state index contributed by atoms with van der Waals surface area (Å²) in [6, 6.07) is 13.0. The summed E-state index contributed by atoms with van der Waals surface area (Å²) in [4.78, 5) is 12.5. The Labute approximate surface area is 159 Å². The molecule has 1 amide bonds. The predicted octanol–water partition coefficient (Wildman–Crippen LogP) is 4.16. The molecular weight excluding hydrogens is 372 g/mol. The number of nitrogens with zero attached hydrogens (tertiary/aromatic N) is 1. The zero-order valence-corrected chi connectivity index (χ0v) is 15.9. The van der Waals surface area contributed by atoms with E-state index in [1.807, 2.05) is 0 Å². The van der Waals surface area contributed by atoms with Gasteiger partial charge in [-0.3, -0.25) is 4.79 Å². The lowest BCUT2D eigenvalue weighted by Crippen LogP contribution is -2.31. The number of rotatable bonds is 4. The normalized spacial score (nSPS) is 16.0. The highest BCUT2D eigenvalue weighted by Crippen LogP contribution is 2.22. The molecule has 0 unspecified atom stereocenters. The van der Waals surface area contributed by atoms with E-state index in [2.05, 4.69) is 5.32 Å². The van der Waals surface area contributed by atoms with E-state index in [4.69, 9.17) is 11.6 Å². The molecule has 0 radical (unpaired) electrons. The lowest BCUT2D eigenvalue weighted by Gasteiger charge is -2.20. The molecule has 26 heavy (non-hydrogen) atoms. The third-order valence-electron chi connectivity index (χ3n) is 4.43. The molecule has 2 aromatic carbocycles. The van der Waals surface area contributed by atoms with Crippen LogP contribution in [0.15, 0.2) is 53.4 Å². The minimum atomic E-state index is -3.49. The molecule has 1 N–H and O–H groups in total. The van der Waals surface area contributed by atoms with Gasteiger partial charge in [0, 0.05) is 18.8 Å². The van der Waals surface area contributed by atoms with Crippen molar-refractivity contribution in [3.8, 4) is 0 Å². The first-order valence-electron chi connectivity index (χ1n) is 8.64. The van der Waals surface area contributed by atoms with Crippen molar-refractivity contribution in [2.45, 2.75) is 30.6 Å². The monoisotopic (exact) mass is 392 g/mol. The predicted molar refractivity (Wildman–Crippen MR) is 103 cm³/mol. The Morgan fingerprint density at radius 1 is 0.923 bits per heavy atom. The Hall–Kier alpha value is -1.89. The number of anilines is 1. The molecule has 138 valence electrons. The minimum absolute atomic E-state index is 0.246. The Morgan fingerprint density at radius 3 is 2.15 bits per heavy atom. The van der Waals surface area contributed by atoms with E-state index >= 15 is 0 Å². The average molecular weight is 393 g/mol. The van der Waals surface area contributed by atoms with Crippen LogP contribution in [0, 0.1) is 0 Å². The van der Waals surface area contributed by atoms with Gasteiger partial charge in [-0.25, -0.2) is 8.42 Å². The number of carbonyl (C=O) groups excluding carboxylic acids is 1.